The average Bonchev–Trinajstić information content (AvgIpc) is 3.04. The molecular weight excluding hydrogens is 344 g/mol. The topological polar surface area (TPSA) is 117 Å². The highest BCUT2D eigenvalue weighted by atomic mass is 16.7. The number of aromatic nitrogens is 1. The highest BCUT2D eigenvalue weighted by Crippen LogP contribution is 2.38. The first-order valence-corrected chi connectivity index (χ1v) is 9.06. The lowest BCUT2D eigenvalue weighted by Gasteiger charge is -2.33. The number of hydrogen-bond acceptors (Lipinski definition) is 6. The first kappa shape index (κ1) is 18.9. The number of nitrogens with two attached hydrogens (primary N) is 2. The molecule has 0 saturated carbocycles. The van der Waals surface area contributed by atoms with E-state index in [4.69, 9.17) is 20.8 Å². The maximum atomic E-state index is 12.5. The Bertz CT molecular complexity index is 893. The van der Waals surface area contributed by atoms with Gasteiger partial charge < -0.3 is 20.8 Å². The molecule has 1 atom stereocenters. The molecule has 1 aliphatic carbocycles. The summed E-state index contributed by atoms with van der Waals surface area (Å²) >= 11 is 0. The third-order valence-electron chi connectivity index (χ3n) is 5.34. The summed E-state index contributed by atoms with van der Waals surface area (Å²) in [5, 5.41) is 7.69. The molecule has 144 valence electrons. The first-order chi connectivity index (χ1) is 12.7. The molecule has 0 amide bonds. The van der Waals surface area contributed by atoms with Crippen molar-refractivity contribution in [2.75, 3.05) is 5.73 Å². The minimum absolute atomic E-state index is 0.0816. The summed E-state index contributed by atoms with van der Waals surface area (Å²) in [4.78, 5) is 17.5. The van der Waals surface area contributed by atoms with Crippen LogP contribution in [0, 0.1) is 18.3 Å². The minimum Gasteiger partial charge on any atom is -0.398 e. The normalized spacial score (nSPS) is 17.5. The monoisotopic (exact) mass is 370 g/mol. The highest BCUT2D eigenvalue weighted by molar-refractivity contribution is 6.00. The minimum atomic E-state index is -0.668. The number of hydrogen-bond donors (Lipinski definition) is 2. The molecule has 1 heterocycles. The fourth-order valence-electron chi connectivity index (χ4n) is 3.42. The van der Waals surface area contributed by atoms with Gasteiger partial charge in [-0.25, -0.2) is 4.79 Å². The number of aryl methyl sites for hydroxylation is 1. The third-order valence-corrected chi connectivity index (χ3v) is 5.34. The van der Waals surface area contributed by atoms with E-state index in [0.29, 0.717) is 17.2 Å². The van der Waals surface area contributed by atoms with E-state index in [9.17, 15) is 4.79 Å². The maximum Gasteiger partial charge on any atom is 0.387 e. The molecule has 0 fully saturated rings. The van der Waals surface area contributed by atoms with Gasteiger partial charge in [-0.3, -0.25) is 0 Å². The van der Waals surface area contributed by atoms with Crippen LogP contribution >= 0.6 is 0 Å². The summed E-state index contributed by atoms with van der Waals surface area (Å²) < 4.78 is 5.35. The van der Waals surface area contributed by atoms with E-state index >= 15 is 0 Å². The first-order valence-electron chi connectivity index (χ1n) is 9.06. The van der Waals surface area contributed by atoms with Gasteiger partial charge in [0.15, 0.2) is 11.5 Å². The van der Waals surface area contributed by atoms with Crippen molar-refractivity contribution in [1.29, 1.82) is 0 Å². The molecule has 7 nitrogen and oxygen atoms in total. The number of carbonyl (C=O) groups excluding carboxylic acids is 1. The third kappa shape index (κ3) is 3.82. The summed E-state index contributed by atoms with van der Waals surface area (Å²) in [6.45, 7) is 8.43. The zero-order valence-corrected chi connectivity index (χ0v) is 16.2. The molecule has 1 unspecified atom stereocenters. The van der Waals surface area contributed by atoms with Gasteiger partial charge >= 0.3 is 5.97 Å². The van der Waals surface area contributed by atoms with Crippen molar-refractivity contribution in [3.05, 3.63) is 46.3 Å². The molecule has 2 aromatic rings. The Morgan fingerprint density at radius 3 is 2.81 bits per heavy atom. The molecule has 0 spiro atoms. The summed E-state index contributed by atoms with van der Waals surface area (Å²) in [6.07, 6.45) is 2.52. The van der Waals surface area contributed by atoms with Crippen molar-refractivity contribution in [3.63, 3.8) is 0 Å². The number of fused-ring (bicyclic) bond motifs is 1. The zero-order chi connectivity index (χ0) is 19.8. The van der Waals surface area contributed by atoms with Crippen molar-refractivity contribution in [3.8, 4) is 0 Å². The Labute approximate surface area is 158 Å². The fourth-order valence-corrected chi connectivity index (χ4v) is 3.42. The number of nitrogens with zero attached hydrogens (tertiary/aromatic N) is 2. The van der Waals surface area contributed by atoms with Gasteiger partial charge in [-0.2, -0.15) is 0 Å². The van der Waals surface area contributed by atoms with Crippen LogP contribution in [0.1, 0.15) is 60.1 Å². The molecule has 1 aromatic carbocycles. The lowest BCUT2D eigenvalue weighted by Crippen LogP contribution is -2.27. The number of carbonyl (C=O) groups is 1. The second-order valence-corrected chi connectivity index (χ2v) is 8.11. The second-order valence-electron chi connectivity index (χ2n) is 8.11. The van der Waals surface area contributed by atoms with E-state index in [1.165, 1.54) is 0 Å². The van der Waals surface area contributed by atoms with Crippen LogP contribution in [0.25, 0.3) is 0 Å². The van der Waals surface area contributed by atoms with Gasteiger partial charge in [-0.15, -0.1) is 0 Å². The Kier molecular flexibility index (Phi) is 4.95. The molecule has 0 saturated heterocycles. The molecule has 7 heteroatoms. The lowest BCUT2D eigenvalue weighted by atomic mass is 9.71. The number of nitrogen functional groups attached to an aromatic ring is 1. The van der Waals surface area contributed by atoms with E-state index in [1.54, 1.807) is 18.2 Å². The van der Waals surface area contributed by atoms with Crippen LogP contribution in [0.5, 0.6) is 0 Å². The second kappa shape index (κ2) is 7.06. The van der Waals surface area contributed by atoms with Crippen LogP contribution in [0.3, 0.4) is 0 Å². The Balaban J connectivity index is 1.78. The van der Waals surface area contributed by atoms with Crippen LogP contribution in [0.15, 0.2) is 27.9 Å². The van der Waals surface area contributed by atoms with E-state index in [2.05, 4.69) is 31.1 Å². The number of amidine groups is 1. The molecule has 1 aliphatic rings. The average molecular weight is 370 g/mol. The van der Waals surface area contributed by atoms with Crippen LogP contribution in [-0.2, 0) is 17.7 Å². The van der Waals surface area contributed by atoms with E-state index < -0.39 is 5.97 Å². The predicted molar refractivity (Wildman–Crippen MR) is 103 cm³/mol. The summed E-state index contributed by atoms with van der Waals surface area (Å²) in [5.74, 6) is 0.614. The van der Waals surface area contributed by atoms with Crippen LogP contribution in [0.2, 0.25) is 0 Å². The number of benzene rings is 1. The molecule has 1 aromatic heterocycles. The van der Waals surface area contributed by atoms with Gasteiger partial charge in [0.2, 0.25) is 0 Å². The van der Waals surface area contributed by atoms with Gasteiger partial charge in [0, 0.05) is 23.2 Å². The van der Waals surface area contributed by atoms with Gasteiger partial charge in [0.05, 0.1) is 0 Å². The Morgan fingerprint density at radius 2 is 2.11 bits per heavy atom. The number of anilines is 1. The molecule has 0 aliphatic heterocycles. The van der Waals surface area contributed by atoms with Gasteiger partial charge in [0.25, 0.3) is 0 Å². The molecule has 27 heavy (non-hydrogen) atoms. The lowest BCUT2D eigenvalue weighted by molar-refractivity contribution is 0.0502. The zero-order valence-electron chi connectivity index (χ0n) is 16.2. The molecule has 0 radical (unpaired) electrons. The van der Waals surface area contributed by atoms with Gasteiger partial charge in [-0.05, 0) is 42.7 Å². The number of rotatable bonds is 3. The van der Waals surface area contributed by atoms with Crippen molar-refractivity contribution in [2.24, 2.45) is 22.2 Å². The molecule has 4 N–H and O–H groups in total. The fraction of sp³-hybridized carbons (Fsp3) is 0.450. The van der Waals surface area contributed by atoms with Crippen LogP contribution < -0.4 is 11.5 Å². The van der Waals surface area contributed by atoms with Crippen molar-refractivity contribution in [1.82, 2.24) is 5.16 Å². The summed E-state index contributed by atoms with van der Waals surface area (Å²) in [7, 11) is 0. The van der Waals surface area contributed by atoms with E-state index in [0.717, 1.165) is 36.1 Å². The molecular formula is C20H26N4O3. The van der Waals surface area contributed by atoms with Crippen LogP contribution in [-0.4, -0.2) is 17.0 Å². The summed E-state index contributed by atoms with van der Waals surface area (Å²) in [6, 6.07) is 5.30. The largest absolute Gasteiger partial charge is 0.398 e. The number of oxime groups is 1. The SMILES string of the molecule is Cc1c(N)cccc1/C(N)=N/OC(=O)c1noc2c1CC(C(C)(C)C)CC2. The van der Waals surface area contributed by atoms with E-state index in [-0.39, 0.29) is 16.9 Å². The molecule has 3 rings (SSSR count). The van der Waals surface area contributed by atoms with Crippen molar-refractivity contribution >= 4 is 17.5 Å². The van der Waals surface area contributed by atoms with Crippen LogP contribution in [0.4, 0.5) is 5.69 Å². The van der Waals surface area contributed by atoms with Gasteiger partial charge in [0.1, 0.15) is 5.76 Å². The van der Waals surface area contributed by atoms with E-state index in [1.807, 2.05) is 6.92 Å². The quantitative estimate of drug-likeness (QED) is 0.282. The standard InChI is InChI=1S/C20H26N4O3/c1-11-13(6-5-7-15(11)21)18(22)24-27-19(25)17-14-10-12(20(2,3)4)8-9-16(14)26-23-17/h5-7,12H,8-10,21H2,1-4H3,(H2,22,24). The maximum absolute atomic E-state index is 12.5. The Morgan fingerprint density at radius 1 is 1.37 bits per heavy atom. The summed E-state index contributed by atoms with van der Waals surface area (Å²) in [5.41, 5.74) is 15.0. The predicted octanol–water partition coefficient (Wildman–Crippen LogP) is 3.19. The molecule has 0 bridgehead atoms. The van der Waals surface area contributed by atoms with Crippen molar-refractivity contribution in [2.45, 2.75) is 47.0 Å². The van der Waals surface area contributed by atoms with Crippen molar-refractivity contribution < 1.29 is 14.2 Å². The van der Waals surface area contributed by atoms with Gasteiger partial charge in [-0.1, -0.05) is 43.2 Å². The highest BCUT2D eigenvalue weighted by Gasteiger charge is 2.34. The Hall–Kier alpha value is -2.83. The smallest absolute Gasteiger partial charge is 0.387 e.